The van der Waals surface area contributed by atoms with Gasteiger partial charge in [0.25, 0.3) is 0 Å². The molecule has 2 aromatic heterocycles. The third-order valence-electron chi connectivity index (χ3n) is 3.33. The number of rotatable bonds is 6. The molecule has 0 fully saturated rings. The second kappa shape index (κ2) is 6.34. The van der Waals surface area contributed by atoms with E-state index in [2.05, 4.69) is 15.1 Å². The fraction of sp³-hybridized carbons (Fsp3) is 0.250. The van der Waals surface area contributed by atoms with Gasteiger partial charge in [0, 0.05) is 30.6 Å². The van der Waals surface area contributed by atoms with Gasteiger partial charge in [-0.15, -0.1) is 5.10 Å². The summed E-state index contributed by atoms with van der Waals surface area (Å²) >= 11 is 0. The van der Waals surface area contributed by atoms with Crippen LogP contribution in [0, 0.1) is 6.92 Å². The molecule has 0 saturated carbocycles. The van der Waals surface area contributed by atoms with Crippen LogP contribution in [0.25, 0.3) is 5.69 Å². The van der Waals surface area contributed by atoms with Gasteiger partial charge in [-0.2, -0.15) is 0 Å². The van der Waals surface area contributed by atoms with Gasteiger partial charge in [0.2, 0.25) is 5.88 Å². The molecule has 3 aromatic rings. The Balaban J connectivity index is 1.67. The van der Waals surface area contributed by atoms with Gasteiger partial charge in [0.05, 0.1) is 19.4 Å². The number of methoxy groups -OCH3 is 1. The Morgan fingerprint density at radius 3 is 2.73 bits per heavy atom. The fourth-order valence-electron chi connectivity index (χ4n) is 2.19. The third-order valence-corrected chi connectivity index (χ3v) is 3.33. The number of aromatic amines is 1. The van der Waals surface area contributed by atoms with Crippen LogP contribution in [0.3, 0.4) is 0 Å². The lowest BCUT2D eigenvalue weighted by Crippen LogP contribution is -2.04. The number of ether oxygens (including phenoxy) is 2. The van der Waals surface area contributed by atoms with E-state index in [1.165, 1.54) is 0 Å². The van der Waals surface area contributed by atoms with Crippen molar-refractivity contribution in [3.8, 4) is 17.3 Å². The number of hydrogen-bond acceptors (Lipinski definition) is 4. The first-order valence-electron chi connectivity index (χ1n) is 7.08. The quantitative estimate of drug-likeness (QED) is 0.759. The number of benzene rings is 1. The van der Waals surface area contributed by atoms with Crippen LogP contribution in [0.15, 0.2) is 42.7 Å². The number of nitrogens with zero attached hydrogens (tertiary/aromatic N) is 3. The SMILES string of the molecule is COc1ccc(-n2nc(OCCc3ncc[nH]3)cc2C)cc1. The minimum Gasteiger partial charge on any atom is -0.497 e. The van der Waals surface area contributed by atoms with Gasteiger partial charge in [0.15, 0.2) is 0 Å². The standard InChI is InChI=1S/C16H18N4O2/c1-12-11-16(22-10-7-15-17-8-9-18-15)19-20(12)13-3-5-14(21-2)6-4-13/h3-6,8-9,11H,7,10H2,1-2H3,(H,17,18). The second-order valence-corrected chi connectivity index (χ2v) is 4.87. The number of H-pyrrole nitrogens is 1. The summed E-state index contributed by atoms with van der Waals surface area (Å²) < 4.78 is 12.7. The zero-order valence-corrected chi connectivity index (χ0v) is 12.6. The molecule has 0 saturated heterocycles. The van der Waals surface area contributed by atoms with Crippen molar-refractivity contribution in [2.45, 2.75) is 13.3 Å². The highest BCUT2D eigenvalue weighted by atomic mass is 16.5. The van der Waals surface area contributed by atoms with Gasteiger partial charge in [-0.3, -0.25) is 0 Å². The summed E-state index contributed by atoms with van der Waals surface area (Å²) in [5.74, 6) is 2.34. The van der Waals surface area contributed by atoms with E-state index >= 15 is 0 Å². The molecule has 1 N–H and O–H groups in total. The molecule has 0 aliphatic rings. The van der Waals surface area contributed by atoms with Crippen LogP contribution in [0.1, 0.15) is 11.5 Å². The normalized spacial score (nSPS) is 10.6. The summed E-state index contributed by atoms with van der Waals surface area (Å²) in [4.78, 5) is 7.21. The minimum atomic E-state index is 0.534. The molecule has 0 unspecified atom stereocenters. The molecular weight excluding hydrogens is 280 g/mol. The predicted molar refractivity (Wildman–Crippen MR) is 82.6 cm³/mol. The maximum absolute atomic E-state index is 5.69. The van der Waals surface area contributed by atoms with Gasteiger partial charge in [-0.05, 0) is 31.2 Å². The minimum absolute atomic E-state index is 0.534. The Morgan fingerprint density at radius 2 is 2.05 bits per heavy atom. The molecule has 6 nitrogen and oxygen atoms in total. The van der Waals surface area contributed by atoms with Crippen molar-refractivity contribution in [1.29, 1.82) is 0 Å². The van der Waals surface area contributed by atoms with Crippen LogP contribution in [0.4, 0.5) is 0 Å². The van der Waals surface area contributed by atoms with Gasteiger partial charge < -0.3 is 14.5 Å². The lowest BCUT2D eigenvalue weighted by atomic mass is 10.3. The van der Waals surface area contributed by atoms with Crippen molar-refractivity contribution < 1.29 is 9.47 Å². The Kier molecular flexibility index (Phi) is 4.09. The van der Waals surface area contributed by atoms with Crippen molar-refractivity contribution >= 4 is 0 Å². The Bertz CT molecular complexity index is 717. The van der Waals surface area contributed by atoms with E-state index in [-0.39, 0.29) is 0 Å². The van der Waals surface area contributed by atoms with E-state index in [0.29, 0.717) is 12.5 Å². The smallest absolute Gasteiger partial charge is 0.233 e. The first-order chi connectivity index (χ1) is 10.8. The summed E-state index contributed by atoms with van der Waals surface area (Å²) in [6, 6.07) is 9.67. The number of aromatic nitrogens is 4. The highest BCUT2D eigenvalue weighted by molar-refractivity contribution is 5.38. The fourth-order valence-corrected chi connectivity index (χ4v) is 2.19. The van der Waals surface area contributed by atoms with Crippen molar-refractivity contribution in [2.24, 2.45) is 0 Å². The summed E-state index contributed by atoms with van der Waals surface area (Å²) in [7, 11) is 1.65. The van der Waals surface area contributed by atoms with E-state index in [0.717, 1.165) is 29.4 Å². The second-order valence-electron chi connectivity index (χ2n) is 4.87. The van der Waals surface area contributed by atoms with Gasteiger partial charge >= 0.3 is 0 Å². The maximum atomic E-state index is 5.69. The monoisotopic (exact) mass is 298 g/mol. The van der Waals surface area contributed by atoms with Crippen molar-refractivity contribution in [3.63, 3.8) is 0 Å². The Labute approximate surface area is 128 Å². The van der Waals surface area contributed by atoms with Crippen LogP contribution >= 0.6 is 0 Å². The highest BCUT2D eigenvalue weighted by Gasteiger charge is 2.07. The van der Waals surface area contributed by atoms with Crippen LogP contribution in [0.2, 0.25) is 0 Å². The average molecular weight is 298 g/mol. The number of imidazole rings is 1. The molecule has 0 spiro atoms. The van der Waals surface area contributed by atoms with Gasteiger partial charge in [-0.1, -0.05) is 0 Å². The molecule has 6 heteroatoms. The maximum Gasteiger partial charge on any atom is 0.233 e. The summed E-state index contributed by atoms with van der Waals surface area (Å²) in [6.07, 6.45) is 4.26. The topological polar surface area (TPSA) is 65.0 Å². The molecule has 3 rings (SSSR count). The largest absolute Gasteiger partial charge is 0.497 e. The van der Waals surface area contributed by atoms with E-state index in [4.69, 9.17) is 9.47 Å². The molecule has 2 heterocycles. The molecular formula is C16H18N4O2. The molecule has 0 bridgehead atoms. The van der Waals surface area contributed by atoms with Gasteiger partial charge in [-0.25, -0.2) is 9.67 Å². The Morgan fingerprint density at radius 1 is 1.23 bits per heavy atom. The van der Waals surface area contributed by atoms with Crippen LogP contribution in [-0.4, -0.2) is 33.5 Å². The van der Waals surface area contributed by atoms with Crippen LogP contribution < -0.4 is 9.47 Å². The van der Waals surface area contributed by atoms with Crippen molar-refractivity contribution in [2.75, 3.05) is 13.7 Å². The van der Waals surface area contributed by atoms with E-state index in [1.54, 1.807) is 19.5 Å². The zero-order chi connectivity index (χ0) is 15.4. The molecule has 114 valence electrons. The molecule has 1 aromatic carbocycles. The molecule has 0 atom stereocenters. The van der Waals surface area contributed by atoms with Gasteiger partial charge in [0.1, 0.15) is 11.6 Å². The molecule has 0 amide bonds. The third kappa shape index (κ3) is 3.11. The summed E-state index contributed by atoms with van der Waals surface area (Å²) in [5.41, 5.74) is 1.98. The number of aryl methyl sites for hydroxylation is 1. The lowest BCUT2D eigenvalue weighted by Gasteiger charge is -2.05. The highest BCUT2D eigenvalue weighted by Crippen LogP contribution is 2.19. The molecule has 0 radical (unpaired) electrons. The van der Waals surface area contributed by atoms with E-state index in [9.17, 15) is 0 Å². The Hall–Kier alpha value is -2.76. The number of hydrogen-bond donors (Lipinski definition) is 1. The predicted octanol–water partition coefficient (Wildman–Crippen LogP) is 2.53. The zero-order valence-electron chi connectivity index (χ0n) is 12.6. The first kappa shape index (κ1) is 14.2. The molecule has 22 heavy (non-hydrogen) atoms. The summed E-state index contributed by atoms with van der Waals surface area (Å²) in [6.45, 7) is 2.53. The van der Waals surface area contributed by atoms with E-state index < -0.39 is 0 Å². The average Bonchev–Trinajstić information content (AvgIpc) is 3.17. The number of nitrogens with one attached hydrogen (secondary N) is 1. The van der Waals surface area contributed by atoms with Crippen molar-refractivity contribution in [1.82, 2.24) is 19.7 Å². The van der Waals surface area contributed by atoms with E-state index in [1.807, 2.05) is 41.9 Å². The molecule has 0 aliphatic carbocycles. The summed E-state index contributed by atoms with van der Waals surface area (Å²) in [5, 5.41) is 4.48. The van der Waals surface area contributed by atoms with Crippen molar-refractivity contribution in [3.05, 3.63) is 54.2 Å². The van der Waals surface area contributed by atoms with Crippen LogP contribution in [0.5, 0.6) is 11.6 Å². The van der Waals surface area contributed by atoms with Crippen LogP contribution in [-0.2, 0) is 6.42 Å². The lowest BCUT2D eigenvalue weighted by molar-refractivity contribution is 0.305. The first-order valence-corrected chi connectivity index (χ1v) is 7.08. The molecule has 0 aliphatic heterocycles.